The fourth-order valence-corrected chi connectivity index (χ4v) is 3.57. The average Bonchev–Trinajstić information content (AvgIpc) is 3.01. The summed E-state index contributed by atoms with van der Waals surface area (Å²) < 4.78 is 12.2. The molecule has 1 atom stereocenters. The lowest BCUT2D eigenvalue weighted by Gasteiger charge is -2.16. The summed E-state index contributed by atoms with van der Waals surface area (Å²) in [5.41, 5.74) is 0.385. The van der Waals surface area contributed by atoms with Gasteiger partial charge in [-0.1, -0.05) is 6.92 Å². The summed E-state index contributed by atoms with van der Waals surface area (Å²) in [7, 11) is 3.05. The Morgan fingerprint density at radius 2 is 1.93 bits per heavy atom. The van der Waals surface area contributed by atoms with E-state index in [1.165, 1.54) is 25.6 Å². The van der Waals surface area contributed by atoms with E-state index in [-0.39, 0.29) is 5.91 Å². The molecule has 0 saturated carbocycles. The molecule has 0 radical (unpaired) electrons. The molecule has 0 unspecified atom stereocenters. The van der Waals surface area contributed by atoms with Crippen molar-refractivity contribution in [3.63, 3.8) is 0 Å². The van der Waals surface area contributed by atoms with Crippen LogP contribution in [0.5, 0.6) is 11.5 Å². The van der Waals surface area contributed by atoms with Crippen molar-refractivity contribution in [1.29, 1.82) is 0 Å². The lowest BCUT2D eigenvalue weighted by Crippen LogP contribution is -2.35. The summed E-state index contributed by atoms with van der Waals surface area (Å²) in [6.07, 6.45) is 2.45. The van der Waals surface area contributed by atoms with Crippen molar-refractivity contribution in [2.45, 2.75) is 33.2 Å². The third-order valence-corrected chi connectivity index (χ3v) is 4.91. The van der Waals surface area contributed by atoms with Crippen LogP contribution in [0.2, 0.25) is 0 Å². The second kappa shape index (κ2) is 9.36. The van der Waals surface area contributed by atoms with Crippen LogP contribution in [0.25, 0.3) is 0 Å². The van der Waals surface area contributed by atoms with Crippen LogP contribution in [0.4, 0.5) is 0 Å². The smallest absolute Gasteiger partial charge is 0.279 e. The Morgan fingerprint density at radius 3 is 2.52 bits per heavy atom. The van der Waals surface area contributed by atoms with Crippen molar-refractivity contribution in [1.82, 2.24) is 9.88 Å². The first-order valence-electron chi connectivity index (χ1n) is 8.72. The molecule has 1 aromatic carbocycles. The van der Waals surface area contributed by atoms with Crippen molar-refractivity contribution >= 4 is 23.2 Å². The Morgan fingerprint density at radius 1 is 1.22 bits per heavy atom. The highest BCUT2D eigenvalue weighted by molar-refractivity contribution is 7.09. The molecular formula is C19H25N3O4S. The average molecular weight is 391 g/mol. The van der Waals surface area contributed by atoms with Crippen LogP contribution in [0.15, 0.2) is 29.4 Å². The number of aryl methyl sites for hydroxylation is 1. The molecule has 0 aliphatic carbocycles. The number of nitrogens with zero attached hydrogens (tertiary/aromatic N) is 2. The summed E-state index contributed by atoms with van der Waals surface area (Å²) in [6, 6.07) is 4.49. The van der Waals surface area contributed by atoms with Crippen molar-refractivity contribution < 1.29 is 19.1 Å². The number of rotatable bonds is 7. The van der Waals surface area contributed by atoms with Crippen LogP contribution < -0.4 is 19.6 Å². The van der Waals surface area contributed by atoms with Crippen molar-refractivity contribution in [2.75, 3.05) is 20.8 Å². The zero-order valence-electron chi connectivity index (χ0n) is 16.2. The van der Waals surface area contributed by atoms with E-state index in [2.05, 4.69) is 10.3 Å². The summed E-state index contributed by atoms with van der Waals surface area (Å²) in [5, 5.41) is 2.83. The van der Waals surface area contributed by atoms with Gasteiger partial charge in [0, 0.05) is 23.2 Å². The summed E-state index contributed by atoms with van der Waals surface area (Å²) in [6.45, 7) is 6.28. The van der Waals surface area contributed by atoms with E-state index in [4.69, 9.17) is 9.47 Å². The highest BCUT2D eigenvalue weighted by atomic mass is 32.1. The van der Waals surface area contributed by atoms with E-state index in [1.54, 1.807) is 22.8 Å². The first-order valence-corrected chi connectivity index (χ1v) is 9.54. The molecule has 1 N–H and O–H groups in total. The normalized spacial score (nSPS) is 12.6. The van der Waals surface area contributed by atoms with Gasteiger partial charge < -0.3 is 19.4 Å². The highest BCUT2D eigenvalue weighted by Gasteiger charge is 2.20. The molecule has 0 bridgehead atoms. The Balaban J connectivity index is 2.44. The van der Waals surface area contributed by atoms with Gasteiger partial charge in [-0.15, -0.1) is 11.3 Å². The number of hydrogen-bond acceptors (Lipinski definition) is 5. The summed E-state index contributed by atoms with van der Waals surface area (Å²) >= 11 is 1.37. The minimum atomic E-state index is -0.410. The van der Waals surface area contributed by atoms with Gasteiger partial charge in [-0.05, 0) is 38.5 Å². The lowest BCUT2D eigenvalue weighted by molar-refractivity contribution is -0.124. The predicted molar refractivity (Wildman–Crippen MR) is 104 cm³/mol. The van der Waals surface area contributed by atoms with Crippen LogP contribution in [0.3, 0.4) is 0 Å². The van der Waals surface area contributed by atoms with Crippen molar-refractivity contribution in [3.05, 3.63) is 39.6 Å². The number of ether oxygens (including phenoxy) is 2. The van der Waals surface area contributed by atoms with Crippen LogP contribution in [-0.2, 0) is 4.79 Å². The number of nitrogens with one attached hydrogen (secondary N) is 1. The maximum Gasteiger partial charge on any atom is 0.279 e. The van der Waals surface area contributed by atoms with Gasteiger partial charge >= 0.3 is 0 Å². The van der Waals surface area contributed by atoms with Crippen LogP contribution >= 0.6 is 11.3 Å². The zero-order valence-corrected chi connectivity index (χ0v) is 17.1. The number of thiazole rings is 1. The summed E-state index contributed by atoms with van der Waals surface area (Å²) in [4.78, 5) is 30.8. The third-order valence-electron chi connectivity index (χ3n) is 4.00. The van der Waals surface area contributed by atoms with Crippen LogP contribution in [0, 0.1) is 6.92 Å². The zero-order chi connectivity index (χ0) is 20.0. The van der Waals surface area contributed by atoms with Crippen LogP contribution in [0.1, 0.15) is 41.5 Å². The molecule has 7 nitrogen and oxygen atoms in total. The Kier molecular flexibility index (Phi) is 7.18. The molecule has 2 amide bonds. The number of benzene rings is 1. The fraction of sp³-hybridized carbons (Fsp3) is 0.421. The molecule has 0 saturated heterocycles. The van der Waals surface area contributed by atoms with E-state index in [0.29, 0.717) is 34.8 Å². The molecular weight excluding hydrogens is 366 g/mol. The molecule has 0 aliphatic heterocycles. The van der Waals surface area contributed by atoms with Crippen molar-refractivity contribution in [2.24, 2.45) is 4.99 Å². The second-order valence-electron chi connectivity index (χ2n) is 5.84. The van der Waals surface area contributed by atoms with Gasteiger partial charge in [0.25, 0.3) is 5.91 Å². The Hall–Kier alpha value is -2.61. The number of carbonyl (C=O) groups is 2. The maximum atomic E-state index is 12.7. The molecule has 27 heavy (non-hydrogen) atoms. The molecule has 1 aromatic heterocycles. The molecule has 8 heteroatoms. The highest BCUT2D eigenvalue weighted by Crippen LogP contribution is 2.27. The number of likely N-dealkylation sites (N-methyl/N-ethyl adjacent to an activating group) is 1. The van der Waals surface area contributed by atoms with E-state index in [0.717, 1.165) is 4.88 Å². The number of aromatic nitrogens is 1. The predicted octanol–water partition coefficient (Wildman–Crippen LogP) is 2.70. The van der Waals surface area contributed by atoms with E-state index < -0.39 is 11.9 Å². The second-order valence-corrected chi connectivity index (χ2v) is 7.05. The van der Waals surface area contributed by atoms with Crippen LogP contribution in [-0.4, -0.2) is 37.1 Å². The summed E-state index contributed by atoms with van der Waals surface area (Å²) in [5.74, 6) is 0.510. The van der Waals surface area contributed by atoms with Gasteiger partial charge in [-0.2, -0.15) is 4.99 Å². The van der Waals surface area contributed by atoms with Gasteiger partial charge in [-0.25, -0.2) is 0 Å². The van der Waals surface area contributed by atoms with Gasteiger partial charge in [0.15, 0.2) is 16.3 Å². The minimum absolute atomic E-state index is 0.0854. The first kappa shape index (κ1) is 20.7. The Labute approximate surface area is 162 Å². The van der Waals surface area contributed by atoms with E-state index in [1.807, 2.05) is 27.0 Å². The molecule has 146 valence electrons. The molecule has 2 rings (SSSR count). The number of hydrogen-bond donors (Lipinski definition) is 1. The third kappa shape index (κ3) is 4.77. The number of methoxy groups -OCH3 is 2. The minimum Gasteiger partial charge on any atom is -0.493 e. The SMILES string of the molecule is CCNC(=O)[C@@H](CC)n1cc(C)sc1=NC(=O)c1ccc(OC)c(OC)c1. The lowest BCUT2D eigenvalue weighted by atomic mass is 10.2. The Bertz CT molecular complexity index is 885. The molecule has 2 aromatic rings. The maximum absolute atomic E-state index is 12.7. The topological polar surface area (TPSA) is 81.9 Å². The van der Waals surface area contributed by atoms with Gasteiger partial charge in [0.1, 0.15) is 6.04 Å². The van der Waals surface area contributed by atoms with E-state index >= 15 is 0 Å². The van der Waals surface area contributed by atoms with Gasteiger partial charge in [0.05, 0.1) is 14.2 Å². The van der Waals surface area contributed by atoms with Crippen molar-refractivity contribution in [3.8, 4) is 11.5 Å². The fourth-order valence-electron chi connectivity index (χ4n) is 2.70. The molecule has 0 spiro atoms. The number of carbonyl (C=O) groups excluding carboxylic acids is 2. The standard InChI is InChI=1S/C19H25N3O4S/c1-6-14(18(24)20-7-2)22-11-12(3)27-19(22)21-17(23)13-8-9-15(25-4)16(10-13)26-5/h8-11,14H,6-7H2,1-5H3,(H,20,24)/t14-/m1/s1. The van der Waals surface area contributed by atoms with Gasteiger partial charge in [0.2, 0.25) is 5.91 Å². The molecule has 1 heterocycles. The number of amides is 2. The van der Waals surface area contributed by atoms with E-state index in [9.17, 15) is 9.59 Å². The monoisotopic (exact) mass is 391 g/mol. The molecule has 0 fully saturated rings. The van der Waals surface area contributed by atoms with Gasteiger partial charge in [-0.3, -0.25) is 9.59 Å². The quantitative estimate of drug-likeness (QED) is 0.787. The first-order chi connectivity index (χ1) is 12.9. The largest absolute Gasteiger partial charge is 0.493 e. The molecule has 0 aliphatic rings.